The van der Waals surface area contributed by atoms with Crippen LogP contribution in [0.4, 0.5) is 5.69 Å². The second-order valence-electron chi connectivity index (χ2n) is 6.59. The molecule has 0 saturated carbocycles. The van der Waals surface area contributed by atoms with Gasteiger partial charge in [-0.2, -0.15) is 0 Å². The van der Waals surface area contributed by atoms with E-state index < -0.39 is 0 Å². The molecule has 2 N–H and O–H groups in total. The summed E-state index contributed by atoms with van der Waals surface area (Å²) in [7, 11) is 4.46. The van der Waals surface area contributed by atoms with Crippen LogP contribution in [0.5, 0.6) is 23.0 Å². The van der Waals surface area contributed by atoms with E-state index in [-0.39, 0.29) is 11.7 Å². The van der Waals surface area contributed by atoms with Crippen LogP contribution in [-0.4, -0.2) is 37.3 Å². The van der Waals surface area contributed by atoms with Crippen molar-refractivity contribution in [1.82, 2.24) is 4.98 Å². The number of aromatic hydroxyl groups is 1. The van der Waals surface area contributed by atoms with Crippen LogP contribution >= 0.6 is 11.3 Å². The highest BCUT2D eigenvalue weighted by atomic mass is 32.1. The standard InChI is InChI=1S/C23H20N2O5S/c1-28-18-10-13(11-19(29-2)21(18)30-3)22(27)24-14-8-9-15(17(26)12-14)23-25-16-6-4-5-7-20(16)31-23/h4-12,26H,1-3H3,(H,24,27). The van der Waals surface area contributed by atoms with E-state index in [9.17, 15) is 9.90 Å². The molecule has 0 saturated heterocycles. The Morgan fingerprint density at radius 2 is 1.68 bits per heavy atom. The van der Waals surface area contributed by atoms with Crippen molar-refractivity contribution in [3.63, 3.8) is 0 Å². The maximum atomic E-state index is 12.8. The number of nitrogens with one attached hydrogen (secondary N) is 1. The Bertz CT molecular complexity index is 1210. The lowest BCUT2D eigenvalue weighted by Gasteiger charge is -2.14. The lowest BCUT2D eigenvalue weighted by molar-refractivity contribution is 0.102. The summed E-state index contributed by atoms with van der Waals surface area (Å²) in [4.78, 5) is 17.3. The zero-order valence-electron chi connectivity index (χ0n) is 17.1. The van der Waals surface area contributed by atoms with Crippen molar-refractivity contribution in [3.8, 4) is 33.6 Å². The fourth-order valence-electron chi connectivity index (χ4n) is 3.19. The number of aromatic nitrogens is 1. The SMILES string of the molecule is COc1cc(C(=O)Nc2ccc(-c3nc4ccccc4s3)c(O)c2)cc(OC)c1OC. The number of hydrogen-bond donors (Lipinski definition) is 2. The molecule has 0 fully saturated rings. The number of para-hydroxylation sites is 1. The first kappa shape index (κ1) is 20.5. The molecular formula is C23H20N2O5S. The molecule has 0 spiro atoms. The Morgan fingerprint density at radius 1 is 0.968 bits per heavy atom. The van der Waals surface area contributed by atoms with Gasteiger partial charge in [0.15, 0.2) is 11.5 Å². The van der Waals surface area contributed by atoms with Crippen molar-refractivity contribution < 1.29 is 24.1 Å². The normalized spacial score (nSPS) is 10.7. The first-order chi connectivity index (χ1) is 15.0. The molecule has 0 aliphatic heterocycles. The minimum absolute atomic E-state index is 0.0294. The van der Waals surface area contributed by atoms with Gasteiger partial charge in [0, 0.05) is 17.3 Å². The molecule has 1 amide bonds. The summed E-state index contributed by atoms with van der Waals surface area (Å²) in [6, 6.07) is 15.9. The molecule has 0 unspecified atom stereocenters. The van der Waals surface area contributed by atoms with Crippen molar-refractivity contribution >= 4 is 33.1 Å². The van der Waals surface area contributed by atoms with Crippen LogP contribution in [0.3, 0.4) is 0 Å². The van der Waals surface area contributed by atoms with Gasteiger partial charge in [-0.05, 0) is 36.4 Å². The third-order valence-electron chi connectivity index (χ3n) is 4.71. The van der Waals surface area contributed by atoms with Crippen molar-refractivity contribution in [2.45, 2.75) is 0 Å². The minimum atomic E-state index is -0.383. The van der Waals surface area contributed by atoms with E-state index in [1.807, 2.05) is 24.3 Å². The third-order valence-corrected chi connectivity index (χ3v) is 5.78. The Balaban J connectivity index is 1.60. The molecule has 1 heterocycles. The van der Waals surface area contributed by atoms with Crippen LogP contribution < -0.4 is 19.5 Å². The molecule has 7 nitrogen and oxygen atoms in total. The Morgan fingerprint density at radius 3 is 2.29 bits per heavy atom. The van der Waals surface area contributed by atoms with Gasteiger partial charge in [-0.1, -0.05) is 12.1 Å². The molecule has 4 aromatic rings. The largest absolute Gasteiger partial charge is 0.507 e. The van der Waals surface area contributed by atoms with Crippen molar-refractivity contribution in [3.05, 3.63) is 60.2 Å². The maximum absolute atomic E-state index is 12.8. The zero-order valence-corrected chi connectivity index (χ0v) is 17.9. The van der Waals surface area contributed by atoms with Crippen LogP contribution in [-0.2, 0) is 0 Å². The van der Waals surface area contributed by atoms with Gasteiger partial charge in [0.05, 0.1) is 37.1 Å². The Hall–Kier alpha value is -3.78. The van der Waals surface area contributed by atoms with Gasteiger partial charge in [0.2, 0.25) is 5.75 Å². The predicted octanol–water partition coefficient (Wildman–Crippen LogP) is 4.95. The van der Waals surface area contributed by atoms with Gasteiger partial charge >= 0.3 is 0 Å². The maximum Gasteiger partial charge on any atom is 0.255 e. The summed E-state index contributed by atoms with van der Waals surface area (Å²) < 4.78 is 16.9. The number of benzene rings is 3. The Labute approximate surface area is 182 Å². The number of amides is 1. The fourth-order valence-corrected chi connectivity index (χ4v) is 4.19. The van der Waals surface area contributed by atoms with E-state index in [0.717, 1.165) is 10.2 Å². The van der Waals surface area contributed by atoms with Gasteiger partial charge in [-0.25, -0.2) is 4.98 Å². The minimum Gasteiger partial charge on any atom is -0.507 e. The van der Waals surface area contributed by atoms with Crippen LogP contribution in [0.1, 0.15) is 10.4 Å². The van der Waals surface area contributed by atoms with Crippen LogP contribution in [0, 0.1) is 0 Å². The van der Waals surface area contributed by atoms with Crippen molar-refractivity contribution in [2.24, 2.45) is 0 Å². The predicted molar refractivity (Wildman–Crippen MR) is 121 cm³/mol. The van der Waals surface area contributed by atoms with Crippen LogP contribution in [0.25, 0.3) is 20.8 Å². The topological polar surface area (TPSA) is 89.9 Å². The first-order valence-electron chi connectivity index (χ1n) is 9.34. The monoisotopic (exact) mass is 436 g/mol. The number of anilines is 1. The number of ether oxygens (including phenoxy) is 3. The van der Waals surface area contributed by atoms with E-state index in [0.29, 0.717) is 39.1 Å². The number of thiazole rings is 1. The average Bonchev–Trinajstić information content (AvgIpc) is 3.21. The molecule has 0 radical (unpaired) electrons. The summed E-state index contributed by atoms with van der Waals surface area (Å²) >= 11 is 1.49. The van der Waals surface area contributed by atoms with E-state index in [1.165, 1.54) is 38.7 Å². The van der Waals surface area contributed by atoms with E-state index >= 15 is 0 Å². The van der Waals surface area contributed by atoms with Crippen molar-refractivity contribution in [2.75, 3.05) is 26.6 Å². The molecule has 0 aliphatic carbocycles. The highest BCUT2D eigenvalue weighted by Gasteiger charge is 2.18. The zero-order chi connectivity index (χ0) is 22.0. The first-order valence-corrected chi connectivity index (χ1v) is 10.2. The molecule has 0 bridgehead atoms. The Kier molecular flexibility index (Phi) is 5.64. The summed E-state index contributed by atoms with van der Waals surface area (Å²) in [5, 5.41) is 14.0. The molecule has 0 atom stereocenters. The van der Waals surface area contributed by atoms with Gasteiger partial charge in [-0.3, -0.25) is 4.79 Å². The highest BCUT2D eigenvalue weighted by molar-refractivity contribution is 7.21. The second-order valence-corrected chi connectivity index (χ2v) is 7.62. The molecule has 158 valence electrons. The molecule has 4 rings (SSSR count). The number of nitrogens with zero attached hydrogens (tertiary/aromatic N) is 1. The molecular weight excluding hydrogens is 416 g/mol. The quantitative estimate of drug-likeness (QED) is 0.445. The average molecular weight is 436 g/mol. The molecule has 8 heteroatoms. The van der Waals surface area contributed by atoms with Gasteiger partial charge < -0.3 is 24.6 Å². The smallest absolute Gasteiger partial charge is 0.255 e. The molecule has 0 aliphatic rings. The van der Waals surface area contributed by atoms with Crippen LogP contribution in [0.15, 0.2) is 54.6 Å². The second kappa shape index (κ2) is 8.53. The van der Waals surface area contributed by atoms with Crippen molar-refractivity contribution in [1.29, 1.82) is 0 Å². The number of rotatable bonds is 6. The number of carbonyl (C=O) groups is 1. The van der Waals surface area contributed by atoms with E-state index in [1.54, 1.807) is 24.3 Å². The fraction of sp³-hybridized carbons (Fsp3) is 0.130. The van der Waals surface area contributed by atoms with E-state index in [4.69, 9.17) is 14.2 Å². The molecule has 31 heavy (non-hydrogen) atoms. The van der Waals surface area contributed by atoms with Gasteiger partial charge in [0.1, 0.15) is 10.8 Å². The van der Waals surface area contributed by atoms with Crippen LogP contribution in [0.2, 0.25) is 0 Å². The molecule has 1 aromatic heterocycles. The number of methoxy groups -OCH3 is 3. The highest BCUT2D eigenvalue weighted by Crippen LogP contribution is 2.39. The summed E-state index contributed by atoms with van der Waals surface area (Å²) in [5.41, 5.74) is 2.25. The number of carbonyl (C=O) groups excluding carboxylic acids is 1. The lowest BCUT2D eigenvalue weighted by Crippen LogP contribution is -2.12. The summed E-state index contributed by atoms with van der Waals surface area (Å²) in [6.45, 7) is 0. The number of phenolic OH excluding ortho intramolecular Hbond substituents is 1. The number of fused-ring (bicyclic) bond motifs is 1. The third kappa shape index (κ3) is 3.97. The number of hydrogen-bond acceptors (Lipinski definition) is 7. The van der Waals surface area contributed by atoms with E-state index in [2.05, 4.69) is 10.3 Å². The van der Waals surface area contributed by atoms with Gasteiger partial charge in [-0.15, -0.1) is 11.3 Å². The molecule has 3 aromatic carbocycles. The summed E-state index contributed by atoms with van der Waals surface area (Å²) in [5.74, 6) is 0.801. The summed E-state index contributed by atoms with van der Waals surface area (Å²) in [6.07, 6.45) is 0. The lowest BCUT2D eigenvalue weighted by atomic mass is 10.1. The van der Waals surface area contributed by atoms with Gasteiger partial charge in [0.25, 0.3) is 5.91 Å². The number of phenols is 1.